The van der Waals surface area contributed by atoms with Crippen molar-refractivity contribution in [3.8, 4) is 5.75 Å². The Hall–Kier alpha value is -1.88. The maximum Gasteiger partial charge on any atom is 0.347 e. The first-order valence-electron chi connectivity index (χ1n) is 4.62. The van der Waals surface area contributed by atoms with Gasteiger partial charge in [-0.05, 0) is 9.39 Å². The Labute approximate surface area is 97.9 Å². The number of ether oxygens (including phenoxy) is 1. The van der Waals surface area contributed by atoms with Crippen LogP contribution < -0.4 is 5.56 Å². The maximum absolute atomic E-state index is 11.9. The van der Waals surface area contributed by atoms with Crippen molar-refractivity contribution in [2.45, 2.75) is 0 Å². The quantitative estimate of drug-likeness (QED) is 0.566. The van der Waals surface area contributed by atoms with Gasteiger partial charge >= 0.3 is 5.97 Å². The molecule has 0 aliphatic heterocycles. The Bertz CT molecular complexity index is 673. The van der Waals surface area contributed by atoms with Gasteiger partial charge in [0.25, 0.3) is 5.56 Å². The second kappa shape index (κ2) is 3.85. The first-order chi connectivity index (χ1) is 7.97. The molecule has 2 heterocycles. The van der Waals surface area contributed by atoms with Crippen LogP contribution in [0.2, 0.25) is 0 Å². The zero-order valence-corrected chi connectivity index (χ0v) is 10.3. The van der Waals surface area contributed by atoms with Crippen molar-refractivity contribution in [3.05, 3.63) is 22.1 Å². The third kappa shape index (κ3) is 1.59. The van der Waals surface area contributed by atoms with Crippen molar-refractivity contribution in [3.63, 3.8) is 0 Å². The maximum atomic E-state index is 11.9. The number of nitrogens with zero attached hydrogens (tertiary/aromatic N) is 3. The van der Waals surface area contributed by atoms with Gasteiger partial charge in [0.1, 0.15) is 0 Å². The monoisotopic (exact) mass is 255 g/mol. The van der Waals surface area contributed by atoms with Crippen LogP contribution in [-0.4, -0.2) is 32.3 Å². The van der Waals surface area contributed by atoms with E-state index in [-0.39, 0.29) is 5.52 Å². The van der Waals surface area contributed by atoms with E-state index in [4.69, 9.17) is 0 Å². The molecule has 0 saturated heterocycles. The molecule has 0 aliphatic carbocycles. The predicted octanol–water partition coefficient (Wildman–Crippen LogP) is -0.135. The van der Waals surface area contributed by atoms with Crippen molar-refractivity contribution >= 4 is 26.4 Å². The minimum absolute atomic E-state index is 0.169. The summed E-state index contributed by atoms with van der Waals surface area (Å²) in [6.45, 7) is 0. The number of aryl methyl sites for hydroxylation is 1. The highest BCUT2D eigenvalue weighted by molar-refractivity contribution is 7.14. The number of carbonyl (C=O) groups excluding carboxylic acids is 1. The number of aromatic hydroxyl groups is 1. The molecule has 1 atom stereocenters. The number of methoxy groups -OCH3 is 1. The first-order valence-corrected chi connectivity index (χ1v) is 5.13. The zero-order valence-electron chi connectivity index (χ0n) is 9.17. The molecule has 2 rings (SSSR count). The van der Waals surface area contributed by atoms with Gasteiger partial charge in [-0.2, -0.15) is 5.10 Å². The Morgan fingerprint density at radius 3 is 2.82 bits per heavy atom. The smallest absolute Gasteiger partial charge is 0.347 e. The Morgan fingerprint density at radius 2 is 2.24 bits per heavy atom. The molecule has 0 aliphatic rings. The van der Waals surface area contributed by atoms with Gasteiger partial charge < -0.3 is 9.84 Å². The molecule has 0 spiro atoms. The number of rotatable bonds is 1. The summed E-state index contributed by atoms with van der Waals surface area (Å²) >= 11 is 0. The van der Waals surface area contributed by atoms with Crippen LogP contribution >= 0.6 is 9.39 Å². The standard InChI is InChI=1S/C9H10N3O4P/c1-11-3-4-6(10-11)7(13)5(9(15)16-2)8(14)12(4)17/h3,13H,17H2,1-2H3. The van der Waals surface area contributed by atoms with Crippen LogP contribution in [0.25, 0.3) is 11.0 Å². The summed E-state index contributed by atoms with van der Waals surface area (Å²) in [5.41, 5.74) is -0.497. The molecular weight excluding hydrogens is 245 g/mol. The number of hydrogen-bond acceptors (Lipinski definition) is 5. The van der Waals surface area contributed by atoms with E-state index in [1.165, 1.54) is 4.68 Å². The van der Waals surface area contributed by atoms with E-state index in [2.05, 4.69) is 19.2 Å². The predicted molar refractivity (Wildman–Crippen MR) is 63.1 cm³/mol. The highest BCUT2D eigenvalue weighted by Crippen LogP contribution is 2.25. The van der Waals surface area contributed by atoms with Crippen molar-refractivity contribution in [1.29, 1.82) is 0 Å². The second-order valence-electron chi connectivity index (χ2n) is 3.43. The molecule has 0 fully saturated rings. The Kier molecular flexibility index (Phi) is 2.63. The molecule has 0 amide bonds. The summed E-state index contributed by atoms with van der Waals surface area (Å²) in [4.78, 5) is 23.3. The van der Waals surface area contributed by atoms with Gasteiger partial charge in [-0.1, -0.05) is 0 Å². The fraction of sp³-hybridized carbons (Fsp3) is 0.222. The van der Waals surface area contributed by atoms with Crippen LogP contribution in [0.3, 0.4) is 0 Å². The lowest BCUT2D eigenvalue weighted by atomic mass is 10.2. The highest BCUT2D eigenvalue weighted by Gasteiger charge is 2.23. The lowest BCUT2D eigenvalue weighted by Crippen LogP contribution is -2.22. The van der Waals surface area contributed by atoms with E-state index in [1.54, 1.807) is 13.2 Å². The number of hydrogen-bond donors (Lipinski definition) is 1. The van der Waals surface area contributed by atoms with Crippen LogP contribution in [0.15, 0.2) is 11.0 Å². The molecule has 90 valence electrons. The van der Waals surface area contributed by atoms with Gasteiger partial charge in [0.2, 0.25) is 0 Å². The molecule has 0 saturated carbocycles. The summed E-state index contributed by atoms with van der Waals surface area (Å²) in [5.74, 6) is -1.35. The van der Waals surface area contributed by atoms with E-state index in [0.717, 1.165) is 11.4 Å². The molecule has 1 N–H and O–H groups in total. The van der Waals surface area contributed by atoms with Gasteiger partial charge in [-0.15, -0.1) is 0 Å². The third-order valence-corrected chi connectivity index (χ3v) is 2.86. The second-order valence-corrected chi connectivity index (χ2v) is 3.94. The van der Waals surface area contributed by atoms with Gasteiger partial charge in [0, 0.05) is 13.2 Å². The summed E-state index contributed by atoms with van der Waals surface area (Å²) in [6, 6.07) is 0. The normalized spacial score (nSPS) is 10.8. The van der Waals surface area contributed by atoms with E-state index < -0.39 is 22.8 Å². The van der Waals surface area contributed by atoms with E-state index in [1.807, 2.05) is 0 Å². The molecule has 0 bridgehead atoms. The van der Waals surface area contributed by atoms with Crippen molar-refractivity contribution in [2.75, 3.05) is 7.11 Å². The molecule has 1 unspecified atom stereocenters. The van der Waals surface area contributed by atoms with E-state index >= 15 is 0 Å². The van der Waals surface area contributed by atoms with Crippen molar-refractivity contribution in [1.82, 2.24) is 14.1 Å². The molecule has 2 aromatic rings. The average Bonchev–Trinajstić information content (AvgIpc) is 2.68. The number of carbonyl (C=O) groups is 1. The lowest BCUT2D eigenvalue weighted by molar-refractivity contribution is 0.0595. The molecule has 0 aromatic carbocycles. The van der Waals surface area contributed by atoms with Gasteiger partial charge in [-0.25, -0.2) is 4.79 Å². The van der Waals surface area contributed by atoms with Crippen molar-refractivity contribution in [2.24, 2.45) is 7.05 Å². The molecule has 17 heavy (non-hydrogen) atoms. The van der Waals surface area contributed by atoms with Crippen LogP contribution in [0, 0.1) is 0 Å². The third-order valence-electron chi connectivity index (χ3n) is 2.35. The Morgan fingerprint density at radius 1 is 1.59 bits per heavy atom. The fourth-order valence-corrected chi connectivity index (χ4v) is 1.87. The van der Waals surface area contributed by atoms with Crippen molar-refractivity contribution < 1.29 is 14.6 Å². The minimum Gasteiger partial charge on any atom is -0.505 e. The van der Waals surface area contributed by atoms with Crippen LogP contribution in [0.5, 0.6) is 5.75 Å². The molecular formula is C9H10N3O4P. The number of aromatic nitrogens is 3. The Balaban J connectivity index is 2.96. The molecule has 7 nitrogen and oxygen atoms in total. The average molecular weight is 255 g/mol. The van der Waals surface area contributed by atoms with Gasteiger partial charge in [0.05, 0.1) is 12.6 Å². The number of fused-ring (bicyclic) bond motifs is 1. The molecule has 2 aromatic heterocycles. The van der Waals surface area contributed by atoms with Crippen LogP contribution in [0.4, 0.5) is 0 Å². The van der Waals surface area contributed by atoms with Gasteiger partial charge in [-0.3, -0.25) is 13.8 Å². The number of pyridine rings is 1. The molecule has 0 radical (unpaired) electrons. The minimum atomic E-state index is -0.892. The van der Waals surface area contributed by atoms with E-state index in [0.29, 0.717) is 5.52 Å². The van der Waals surface area contributed by atoms with Gasteiger partial charge in [0.15, 0.2) is 16.8 Å². The van der Waals surface area contributed by atoms with Crippen LogP contribution in [-0.2, 0) is 11.8 Å². The first kappa shape index (κ1) is 11.6. The largest absolute Gasteiger partial charge is 0.505 e. The summed E-state index contributed by atoms with van der Waals surface area (Å²) in [5, 5.41) is 13.8. The van der Waals surface area contributed by atoms with Crippen LogP contribution in [0.1, 0.15) is 10.4 Å². The fourth-order valence-electron chi connectivity index (χ4n) is 1.56. The highest BCUT2D eigenvalue weighted by atomic mass is 31.0. The van der Waals surface area contributed by atoms with E-state index in [9.17, 15) is 14.7 Å². The zero-order chi connectivity index (χ0) is 12.7. The lowest BCUT2D eigenvalue weighted by Gasteiger charge is -2.05. The number of esters is 1. The summed E-state index contributed by atoms with van der Waals surface area (Å²) in [7, 11) is 4.95. The SMILES string of the molecule is COC(=O)c1c(O)c2nn(C)cc2n(P)c1=O. The topological polar surface area (TPSA) is 86.3 Å². The summed E-state index contributed by atoms with van der Waals surface area (Å²) in [6.07, 6.45) is 1.56. The molecule has 8 heteroatoms. The summed E-state index contributed by atoms with van der Waals surface area (Å²) < 4.78 is 7.05.